The molecule has 0 saturated heterocycles. The summed E-state index contributed by atoms with van der Waals surface area (Å²) in [6.07, 6.45) is 0.0744. The minimum absolute atomic E-state index is 0.0744. The summed E-state index contributed by atoms with van der Waals surface area (Å²) in [5.74, 6) is -0.234. The Morgan fingerprint density at radius 1 is 1.60 bits per heavy atom. The largest absolute Gasteiger partial charge is 0.481 e. The molecular formula is C8H15N5O2. The van der Waals surface area contributed by atoms with Crippen LogP contribution in [-0.2, 0) is 11.8 Å². The van der Waals surface area contributed by atoms with E-state index in [0.717, 1.165) is 0 Å². The van der Waals surface area contributed by atoms with Crippen LogP contribution in [0.1, 0.15) is 20.3 Å². The van der Waals surface area contributed by atoms with Gasteiger partial charge < -0.3 is 10.0 Å². The van der Waals surface area contributed by atoms with Crippen LogP contribution < -0.4 is 4.90 Å². The van der Waals surface area contributed by atoms with Gasteiger partial charge in [-0.05, 0) is 24.3 Å². The molecule has 7 heteroatoms. The summed E-state index contributed by atoms with van der Waals surface area (Å²) < 4.78 is 1.53. The molecule has 0 aliphatic carbocycles. The van der Waals surface area contributed by atoms with E-state index < -0.39 is 5.97 Å². The monoisotopic (exact) mass is 213 g/mol. The van der Waals surface area contributed by atoms with Gasteiger partial charge >= 0.3 is 5.97 Å². The first-order valence-corrected chi connectivity index (χ1v) is 4.73. The number of rotatable bonds is 5. The Kier molecular flexibility index (Phi) is 3.59. The topological polar surface area (TPSA) is 84.1 Å². The van der Waals surface area contributed by atoms with Gasteiger partial charge in [0, 0.05) is 19.6 Å². The van der Waals surface area contributed by atoms with Crippen molar-refractivity contribution in [2.45, 2.75) is 26.3 Å². The van der Waals surface area contributed by atoms with Gasteiger partial charge in [0.15, 0.2) is 0 Å². The number of carboxylic acids is 1. The highest BCUT2D eigenvalue weighted by Crippen LogP contribution is 2.11. The number of anilines is 1. The van der Waals surface area contributed by atoms with Gasteiger partial charge in [-0.15, -0.1) is 0 Å². The Balaban J connectivity index is 2.75. The fraction of sp³-hybridized carbons (Fsp3) is 0.750. The number of carbonyl (C=O) groups is 1. The zero-order valence-electron chi connectivity index (χ0n) is 9.08. The normalized spacial score (nSPS) is 10.7. The fourth-order valence-electron chi connectivity index (χ4n) is 1.27. The van der Waals surface area contributed by atoms with Gasteiger partial charge in [0.1, 0.15) is 0 Å². The summed E-state index contributed by atoms with van der Waals surface area (Å²) >= 11 is 0. The summed E-state index contributed by atoms with van der Waals surface area (Å²) in [5.41, 5.74) is 0. The van der Waals surface area contributed by atoms with Crippen molar-refractivity contribution < 1.29 is 9.90 Å². The lowest BCUT2D eigenvalue weighted by molar-refractivity contribution is -0.136. The summed E-state index contributed by atoms with van der Waals surface area (Å²) in [5, 5.41) is 19.7. The van der Waals surface area contributed by atoms with Crippen molar-refractivity contribution in [1.29, 1.82) is 0 Å². The number of aromatic nitrogens is 4. The zero-order chi connectivity index (χ0) is 11.4. The number of nitrogens with zero attached hydrogens (tertiary/aromatic N) is 5. The second kappa shape index (κ2) is 4.72. The summed E-state index contributed by atoms with van der Waals surface area (Å²) in [4.78, 5) is 12.4. The van der Waals surface area contributed by atoms with Crippen LogP contribution in [-0.4, -0.2) is 43.9 Å². The number of carboxylic acid groups (broad SMARTS) is 1. The lowest BCUT2D eigenvalue weighted by atomic mass is 10.3. The average molecular weight is 213 g/mol. The van der Waals surface area contributed by atoms with E-state index in [2.05, 4.69) is 15.5 Å². The predicted molar refractivity (Wildman–Crippen MR) is 53.5 cm³/mol. The highest BCUT2D eigenvalue weighted by molar-refractivity contribution is 5.67. The maximum absolute atomic E-state index is 10.5. The zero-order valence-corrected chi connectivity index (χ0v) is 9.08. The molecule has 0 aromatic carbocycles. The maximum atomic E-state index is 10.5. The summed E-state index contributed by atoms with van der Waals surface area (Å²) in [6, 6.07) is 0.161. The van der Waals surface area contributed by atoms with E-state index in [1.54, 1.807) is 7.05 Å². The van der Waals surface area contributed by atoms with Gasteiger partial charge in [0.05, 0.1) is 6.42 Å². The second-order valence-corrected chi connectivity index (χ2v) is 3.53. The van der Waals surface area contributed by atoms with E-state index in [4.69, 9.17) is 5.11 Å². The van der Waals surface area contributed by atoms with Crippen LogP contribution in [0.4, 0.5) is 5.95 Å². The molecule has 1 N–H and O–H groups in total. The lowest BCUT2D eigenvalue weighted by Crippen LogP contribution is -2.35. The average Bonchev–Trinajstić information content (AvgIpc) is 2.51. The SMILES string of the molecule is CC(C)N(CCC(=O)O)c1nnnn1C. The first-order valence-electron chi connectivity index (χ1n) is 4.73. The van der Waals surface area contributed by atoms with Crippen LogP contribution in [0, 0.1) is 0 Å². The molecule has 1 aromatic rings. The van der Waals surface area contributed by atoms with Crippen LogP contribution in [0.25, 0.3) is 0 Å². The van der Waals surface area contributed by atoms with E-state index in [1.165, 1.54) is 4.68 Å². The standard InChI is InChI=1S/C8H15N5O2/c1-6(2)13(5-4-7(14)15)8-9-10-11-12(8)3/h6H,4-5H2,1-3H3,(H,14,15). The van der Waals surface area contributed by atoms with Gasteiger partial charge in [-0.2, -0.15) is 0 Å². The van der Waals surface area contributed by atoms with Gasteiger partial charge in [0.2, 0.25) is 5.95 Å². The number of tetrazole rings is 1. The molecule has 1 heterocycles. The van der Waals surface area contributed by atoms with E-state index >= 15 is 0 Å². The molecule has 84 valence electrons. The molecular weight excluding hydrogens is 198 g/mol. The van der Waals surface area contributed by atoms with Gasteiger partial charge in [-0.3, -0.25) is 4.79 Å². The Labute approximate surface area is 87.7 Å². The van der Waals surface area contributed by atoms with Gasteiger partial charge in [-0.25, -0.2) is 4.68 Å². The number of aliphatic carboxylic acids is 1. The second-order valence-electron chi connectivity index (χ2n) is 3.53. The third-order valence-corrected chi connectivity index (χ3v) is 2.04. The van der Waals surface area contributed by atoms with Crippen LogP contribution in [0.2, 0.25) is 0 Å². The highest BCUT2D eigenvalue weighted by atomic mass is 16.4. The van der Waals surface area contributed by atoms with Crippen molar-refractivity contribution in [3.63, 3.8) is 0 Å². The van der Waals surface area contributed by atoms with Crippen molar-refractivity contribution in [1.82, 2.24) is 20.2 Å². The number of hydrogen-bond donors (Lipinski definition) is 1. The molecule has 1 rings (SSSR count). The third kappa shape index (κ3) is 2.90. The third-order valence-electron chi connectivity index (χ3n) is 2.04. The highest BCUT2D eigenvalue weighted by Gasteiger charge is 2.17. The molecule has 0 spiro atoms. The van der Waals surface area contributed by atoms with E-state index in [9.17, 15) is 4.79 Å². The molecule has 15 heavy (non-hydrogen) atoms. The van der Waals surface area contributed by atoms with Crippen LogP contribution >= 0.6 is 0 Å². The van der Waals surface area contributed by atoms with E-state index in [-0.39, 0.29) is 12.5 Å². The van der Waals surface area contributed by atoms with Crippen molar-refractivity contribution in [3.8, 4) is 0 Å². The number of hydrogen-bond acceptors (Lipinski definition) is 5. The summed E-state index contributed by atoms with van der Waals surface area (Å²) in [6.45, 7) is 4.34. The molecule has 0 bridgehead atoms. The first kappa shape index (κ1) is 11.4. The Morgan fingerprint density at radius 3 is 2.67 bits per heavy atom. The molecule has 7 nitrogen and oxygen atoms in total. The van der Waals surface area contributed by atoms with Crippen molar-refractivity contribution in [2.75, 3.05) is 11.4 Å². The lowest BCUT2D eigenvalue weighted by Gasteiger charge is -2.25. The Hall–Kier alpha value is -1.66. The number of aryl methyl sites for hydroxylation is 1. The Morgan fingerprint density at radius 2 is 2.27 bits per heavy atom. The summed E-state index contributed by atoms with van der Waals surface area (Å²) in [7, 11) is 1.73. The van der Waals surface area contributed by atoms with Crippen LogP contribution in [0.15, 0.2) is 0 Å². The van der Waals surface area contributed by atoms with Crippen molar-refractivity contribution in [3.05, 3.63) is 0 Å². The predicted octanol–water partition coefficient (Wildman–Crippen LogP) is -0.100. The molecule has 0 unspecified atom stereocenters. The Bertz CT molecular complexity index is 336. The first-order chi connectivity index (χ1) is 7.02. The maximum Gasteiger partial charge on any atom is 0.305 e. The smallest absolute Gasteiger partial charge is 0.305 e. The van der Waals surface area contributed by atoms with Crippen LogP contribution in [0.3, 0.4) is 0 Å². The molecule has 0 aliphatic heterocycles. The fourth-order valence-corrected chi connectivity index (χ4v) is 1.27. The minimum atomic E-state index is -0.823. The quantitative estimate of drug-likeness (QED) is 0.735. The van der Waals surface area contributed by atoms with Gasteiger partial charge in [0.25, 0.3) is 0 Å². The molecule has 1 aromatic heterocycles. The molecule has 0 saturated carbocycles. The van der Waals surface area contributed by atoms with E-state index in [0.29, 0.717) is 12.5 Å². The molecule has 0 aliphatic rings. The molecule has 0 fully saturated rings. The van der Waals surface area contributed by atoms with E-state index in [1.807, 2.05) is 18.7 Å². The molecule has 0 radical (unpaired) electrons. The van der Waals surface area contributed by atoms with Gasteiger partial charge in [-0.1, -0.05) is 5.10 Å². The van der Waals surface area contributed by atoms with Crippen molar-refractivity contribution >= 4 is 11.9 Å². The van der Waals surface area contributed by atoms with Crippen molar-refractivity contribution in [2.24, 2.45) is 7.05 Å². The molecule has 0 amide bonds. The van der Waals surface area contributed by atoms with Crippen LogP contribution in [0.5, 0.6) is 0 Å². The minimum Gasteiger partial charge on any atom is -0.481 e. The molecule has 0 atom stereocenters.